The molecule has 2 nitrogen and oxygen atoms in total. The molecule has 0 aromatic rings. The summed E-state index contributed by atoms with van der Waals surface area (Å²) < 4.78 is 17.0. The van der Waals surface area contributed by atoms with Crippen molar-refractivity contribution in [3.63, 3.8) is 0 Å². The highest BCUT2D eigenvalue weighted by Gasteiger charge is 2.17. The van der Waals surface area contributed by atoms with Gasteiger partial charge in [-0.1, -0.05) is 63.2 Å². The number of thiol groups is 1. The van der Waals surface area contributed by atoms with E-state index in [0.717, 1.165) is 31.4 Å². The molecule has 15 heavy (non-hydrogen) atoms. The molecule has 0 N–H and O–H groups in total. The van der Waals surface area contributed by atoms with Gasteiger partial charge in [-0.15, -0.1) is 0 Å². The fourth-order valence-corrected chi connectivity index (χ4v) is 4.61. The summed E-state index contributed by atoms with van der Waals surface area (Å²) >= 11 is 5.46. The van der Waals surface area contributed by atoms with Gasteiger partial charge in [0.05, 0.1) is 6.61 Å². The molecule has 0 aliphatic carbocycles. The molecule has 0 spiro atoms. The van der Waals surface area contributed by atoms with Crippen molar-refractivity contribution in [3.8, 4) is 0 Å². The lowest BCUT2D eigenvalue weighted by molar-refractivity contribution is 0.324. The molecule has 5 heteroatoms. The summed E-state index contributed by atoms with van der Waals surface area (Å²) in [6, 6.07) is 0. The predicted molar refractivity (Wildman–Crippen MR) is 74.1 cm³/mol. The van der Waals surface area contributed by atoms with Gasteiger partial charge >= 0.3 is 5.77 Å². The topological polar surface area (TPSA) is 26.3 Å². The average Bonchev–Trinajstić information content (AvgIpc) is 2.20. The predicted octanol–water partition coefficient (Wildman–Crippen LogP) is 5.15. The largest absolute Gasteiger partial charge is 0.314 e. The van der Waals surface area contributed by atoms with E-state index in [-0.39, 0.29) is 0 Å². The summed E-state index contributed by atoms with van der Waals surface area (Å²) in [6.07, 6.45) is 6.75. The van der Waals surface area contributed by atoms with Crippen molar-refractivity contribution in [1.82, 2.24) is 0 Å². The van der Waals surface area contributed by atoms with Crippen molar-refractivity contribution < 1.29 is 9.09 Å². The Morgan fingerprint density at radius 2 is 1.73 bits per heavy atom. The smallest absolute Gasteiger partial charge is 0.310 e. The molecule has 0 bridgehead atoms. The quantitative estimate of drug-likeness (QED) is 0.337. The Labute approximate surface area is 103 Å². The first kappa shape index (κ1) is 15.9. The molecule has 0 amide bonds. The van der Waals surface area contributed by atoms with E-state index in [1.54, 1.807) is 0 Å². The lowest BCUT2D eigenvalue weighted by Gasteiger charge is -2.11. The van der Waals surface area contributed by atoms with Crippen molar-refractivity contribution in [1.29, 1.82) is 0 Å². The minimum atomic E-state index is -2.66. The Morgan fingerprint density at radius 3 is 2.33 bits per heavy atom. The molecular formula is C10H23O2PS2. The number of hydrogen-bond acceptors (Lipinski definition) is 3. The zero-order valence-corrected chi connectivity index (χ0v) is 12.4. The van der Waals surface area contributed by atoms with Crippen LogP contribution in [0, 0.1) is 0 Å². The van der Waals surface area contributed by atoms with E-state index in [2.05, 4.69) is 26.1 Å². The van der Waals surface area contributed by atoms with Crippen molar-refractivity contribution >= 4 is 29.4 Å². The Kier molecular flexibility index (Phi) is 10.7. The van der Waals surface area contributed by atoms with Crippen molar-refractivity contribution in [2.75, 3.05) is 12.4 Å². The Morgan fingerprint density at radius 1 is 1.13 bits per heavy atom. The van der Waals surface area contributed by atoms with Gasteiger partial charge in [0.1, 0.15) is 0 Å². The minimum Gasteiger partial charge on any atom is -0.314 e. The number of rotatable bonds is 10. The maximum Gasteiger partial charge on any atom is 0.310 e. The second-order valence-corrected chi connectivity index (χ2v) is 10.0. The van der Waals surface area contributed by atoms with Crippen LogP contribution in [0.2, 0.25) is 0 Å². The highest BCUT2D eigenvalue weighted by atomic mass is 33.1. The lowest BCUT2D eigenvalue weighted by atomic mass is 10.3. The highest BCUT2D eigenvalue weighted by molar-refractivity contribution is 8.84. The van der Waals surface area contributed by atoms with Crippen LogP contribution in [0.15, 0.2) is 0 Å². The van der Waals surface area contributed by atoms with Crippen LogP contribution < -0.4 is 0 Å². The highest BCUT2D eigenvalue weighted by Crippen LogP contribution is 2.63. The van der Waals surface area contributed by atoms with E-state index >= 15 is 0 Å². The summed E-state index contributed by atoms with van der Waals surface area (Å²) in [5.74, 6) is -1.77. The standard InChI is InChI=1S/C10H23O2PS2/c1-3-5-7-9-12-13(11,14)15-10-8-6-4-2/h3-10H2,1-2H3,(H,11,14). The monoisotopic (exact) mass is 270 g/mol. The molecule has 0 aliphatic heterocycles. The molecule has 0 saturated heterocycles. The fourth-order valence-electron chi connectivity index (χ4n) is 1.10. The third-order valence-corrected chi connectivity index (χ3v) is 6.54. The minimum absolute atomic E-state index is 0.579. The van der Waals surface area contributed by atoms with Gasteiger partial charge in [0, 0.05) is 5.75 Å². The van der Waals surface area contributed by atoms with Gasteiger partial charge in [0.2, 0.25) is 0 Å². The lowest BCUT2D eigenvalue weighted by Crippen LogP contribution is -1.88. The van der Waals surface area contributed by atoms with Gasteiger partial charge in [0.25, 0.3) is 0 Å². The molecule has 0 aliphatic rings. The van der Waals surface area contributed by atoms with Crippen LogP contribution in [0.1, 0.15) is 52.4 Å². The van der Waals surface area contributed by atoms with E-state index in [4.69, 9.17) is 4.52 Å². The van der Waals surface area contributed by atoms with E-state index in [9.17, 15) is 4.57 Å². The summed E-state index contributed by atoms with van der Waals surface area (Å²) in [4.78, 5) is 0. The van der Waals surface area contributed by atoms with Gasteiger partial charge in [-0.05, 0) is 12.8 Å². The van der Waals surface area contributed by atoms with Crippen LogP contribution in [0.5, 0.6) is 0 Å². The summed E-state index contributed by atoms with van der Waals surface area (Å²) in [7, 11) is 0. The van der Waals surface area contributed by atoms with Crippen LogP contribution in [0.25, 0.3) is 0 Å². The average molecular weight is 270 g/mol. The van der Waals surface area contributed by atoms with Crippen molar-refractivity contribution in [2.24, 2.45) is 0 Å². The second-order valence-electron chi connectivity index (χ2n) is 3.55. The van der Waals surface area contributed by atoms with Gasteiger partial charge in [0.15, 0.2) is 0 Å². The Balaban J connectivity index is 3.45. The third kappa shape index (κ3) is 11.2. The summed E-state index contributed by atoms with van der Waals surface area (Å²) in [6.45, 7) is 4.88. The van der Waals surface area contributed by atoms with Crippen LogP contribution in [-0.4, -0.2) is 12.4 Å². The fraction of sp³-hybridized carbons (Fsp3) is 1.00. The van der Waals surface area contributed by atoms with Gasteiger partial charge in [-0.25, -0.2) is 0 Å². The van der Waals surface area contributed by atoms with E-state index < -0.39 is 5.77 Å². The first-order chi connectivity index (χ1) is 7.12. The zero-order valence-electron chi connectivity index (χ0n) is 9.78. The SMILES string of the molecule is CCCCCOP(=O)(S)SCCCCC. The molecule has 1 atom stereocenters. The molecule has 0 aromatic carbocycles. The summed E-state index contributed by atoms with van der Waals surface area (Å²) in [5, 5.41) is 0. The van der Waals surface area contributed by atoms with Crippen molar-refractivity contribution in [2.45, 2.75) is 52.4 Å². The maximum absolute atomic E-state index is 11.7. The number of unbranched alkanes of at least 4 members (excludes halogenated alkanes) is 4. The third-order valence-electron chi connectivity index (χ3n) is 2.00. The van der Waals surface area contributed by atoms with E-state index in [1.165, 1.54) is 24.2 Å². The number of hydrogen-bond donors (Lipinski definition) is 1. The van der Waals surface area contributed by atoms with Crippen LogP contribution in [0.3, 0.4) is 0 Å². The van der Waals surface area contributed by atoms with Gasteiger partial charge in [-0.3, -0.25) is 4.57 Å². The maximum atomic E-state index is 11.7. The molecule has 92 valence electrons. The van der Waals surface area contributed by atoms with Crippen LogP contribution in [0.4, 0.5) is 0 Å². The van der Waals surface area contributed by atoms with Gasteiger partial charge < -0.3 is 4.52 Å². The molecule has 0 heterocycles. The van der Waals surface area contributed by atoms with E-state index in [0.29, 0.717) is 6.61 Å². The van der Waals surface area contributed by atoms with Crippen LogP contribution >= 0.6 is 29.4 Å². The molecule has 0 radical (unpaired) electrons. The van der Waals surface area contributed by atoms with E-state index in [1.807, 2.05) is 0 Å². The molecule has 0 aromatic heterocycles. The first-order valence-corrected chi connectivity index (χ1v) is 10.1. The second kappa shape index (κ2) is 10.1. The van der Waals surface area contributed by atoms with Crippen molar-refractivity contribution in [3.05, 3.63) is 0 Å². The Bertz CT molecular complexity index is 172. The Hall–Kier alpha value is 0.890. The molecule has 0 fully saturated rings. The van der Waals surface area contributed by atoms with Crippen LogP contribution in [-0.2, 0) is 9.09 Å². The summed E-state index contributed by atoms with van der Waals surface area (Å²) in [5.41, 5.74) is 0. The normalized spacial score (nSPS) is 15.1. The van der Waals surface area contributed by atoms with Gasteiger partial charge in [-0.2, -0.15) is 0 Å². The zero-order chi connectivity index (χ0) is 11.6. The first-order valence-electron chi connectivity index (χ1n) is 5.74. The molecule has 1 unspecified atom stereocenters. The molecule has 0 rings (SSSR count). The molecule has 0 saturated carbocycles. The molecular weight excluding hydrogens is 247 g/mol.